The maximum absolute atomic E-state index is 12.6. The van der Waals surface area contributed by atoms with Crippen LogP contribution in [0.5, 0.6) is 5.75 Å². The molecule has 0 bridgehead atoms. The van der Waals surface area contributed by atoms with Crippen LogP contribution in [0.1, 0.15) is 12.8 Å². The molecule has 0 spiro atoms. The number of carbonyl (C=O) groups is 1. The lowest BCUT2D eigenvalue weighted by atomic mass is 9.96. The van der Waals surface area contributed by atoms with Crippen molar-refractivity contribution in [2.24, 2.45) is 5.92 Å². The third-order valence-electron chi connectivity index (χ3n) is 4.93. The average Bonchev–Trinajstić information content (AvgIpc) is 3.29. The summed E-state index contributed by atoms with van der Waals surface area (Å²) in [5.41, 5.74) is 0.757. The van der Waals surface area contributed by atoms with Crippen molar-refractivity contribution in [2.45, 2.75) is 12.8 Å². The lowest BCUT2D eigenvalue weighted by Crippen LogP contribution is -2.38. The lowest BCUT2D eigenvalue weighted by molar-refractivity contribution is -0.120. The molecule has 8 heteroatoms. The number of anilines is 2. The Kier molecular flexibility index (Phi) is 5.18. The van der Waals surface area contributed by atoms with Crippen molar-refractivity contribution in [3.05, 3.63) is 55.4 Å². The molecular formula is C20H22N6O2. The first-order valence-corrected chi connectivity index (χ1v) is 9.23. The van der Waals surface area contributed by atoms with Crippen molar-refractivity contribution in [3.8, 4) is 11.6 Å². The van der Waals surface area contributed by atoms with Crippen LogP contribution < -0.4 is 15.0 Å². The van der Waals surface area contributed by atoms with E-state index in [4.69, 9.17) is 4.74 Å². The standard InChI is InChI=1S/C20H22N6O2/c1-28-17-4-2-3-16(11-17)24-20(27)15-5-8-25(9-6-15)18-12-19(23-13-22-18)26-10-7-21-14-26/h2-4,7,10-15H,5-6,8-9H2,1H3,(H,24,27). The smallest absolute Gasteiger partial charge is 0.227 e. The minimum absolute atomic E-state index is 0.0163. The van der Waals surface area contributed by atoms with E-state index in [1.165, 1.54) is 0 Å². The number of imidazole rings is 1. The lowest BCUT2D eigenvalue weighted by Gasteiger charge is -2.32. The molecule has 0 aliphatic carbocycles. The molecule has 0 radical (unpaired) electrons. The fourth-order valence-electron chi connectivity index (χ4n) is 3.36. The number of benzene rings is 1. The highest BCUT2D eigenvalue weighted by molar-refractivity contribution is 5.92. The number of rotatable bonds is 5. The molecule has 1 aliphatic heterocycles. The summed E-state index contributed by atoms with van der Waals surface area (Å²) in [4.78, 5) is 27.5. The van der Waals surface area contributed by atoms with Crippen LogP contribution in [0.3, 0.4) is 0 Å². The SMILES string of the molecule is COc1cccc(NC(=O)C2CCN(c3cc(-n4ccnc4)ncn3)CC2)c1. The second kappa shape index (κ2) is 8.08. The van der Waals surface area contributed by atoms with Gasteiger partial charge in [0, 0.05) is 49.2 Å². The number of aromatic nitrogens is 4. The fraction of sp³-hybridized carbons (Fsp3) is 0.300. The van der Waals surface area contributed by atoms with Gasteiger partial charge < -0.3 is 15.0 Å². The van der Waals surface area contributed by atoms with E-state index in [1.807, 2.05) is 41.1 Å². The largest absolute Gasteiger partial charge is 0.497 e. The molecule has 3 aromatic rings. The van der Waals surface area contributed by atoms with E-state index in [9.17, 15) is 4.79 Å². The van der Waals surface area contributed by atoms with Crippen molar-refractivity contribution in [2.75, 3.05) is 30.4 Å². The number of hydrogen-bond donors (Lipinski definition) is 1. The molecule has 3 heterocycles. The molecule has 1 fully saturated rings. The van der Waals surface area contributed by atoms with E-state index in [0.29, 0.717) is 0 Å². The Bertz CT molecular complexity index is 935. The van der Waals surface area contributed by atoms with Crippen LogP contribution in [0.4, 0.5) is 11.5 Å². The first-order valence-electron chi connectivity index (χ1n) is 9.23. The summed E-state index contributed by atoms with van der Waals surface area (Å²) in [5, 5.41) is 3.00. The fourth-order valence-corrected chi connectivity index (χ4v) is 3.36. The summed E-state index contributed by atoms with van der Waals surface area (Å²) in [6, 6.07) is 9.36. The number of hydrogen-bond acceptors (Lipinski definition) is 6. The zero-order chi connectivity index (χ0) is 19.3. The quantitative estimate of drug-likeness (QED) is 0.734. The van der Waals surface area contributed by atoms with Crippen molar-refractivity contribution < 1.29 is 9.53 Å². The predicted molar refractivity (Wildman–Crippen MR) is 106 cm³/mol. The van der Waals surface area contributed by atoms with E-state index >= 15 is 0 Å². The molecule has 1 aromatic carbocycles. The first kappa shape index (κ1) is 18.0. The van der Waals surface area contributed by atoms with E-state index in [-0.39, 0.29) is 11.8 Å². The Hall–Kier alpha value is -3.42. The van der Waals surface area contributed by atoms with Gasteiger partial charge in [0.1, 0.15) is 30.0 Å². The second-order valence-electron chi connectivity index (χ2n) is 6.69. The molecule has 0 unspecified atom stereocenters. The minimum Gasteiger partial charge on any atom is -0.497 e. The third kappa shape index (κ3) is 3.95. The molecule has 8 nitrogen and oxygen atoms in total. The molecule has 144 valence electrons. The molecular weight excluding hydrogens is 356 g/mol. The van der Waals surface area contributed by atoms with Crippen LogP contribution in [-0.4, -0.2) is 45.6 Å². The summed E-state index contributed by atoms with van der Waals surface area (Å²) in [7, 11) is 1.61. The van der Waals surface area contributed by atoms with Gasteiger partial charge in [-0.2, -0.15) is 0 Å². The van der Waals surface area contributed by atoms with Gasteiger partial charge in [0.25, 0.3) is 0 Å². The zero-order valence-corrected chi connectivity index (χ0v) is 15.7. The molecule has 1 aliphatic rings. The van der Waals surface area contributed by atoms with Crippen molar-refractivity contribution in [1.82, 2.24) is 19.5 Å². The Morgan fingerprint density at radius 1 is 1.18 bits per heavy atom. The van der Waals surface area contributed by atoms with Crippen LogP contribution in [0.15, 0.2) is 55.4 Å². The van der Waals surface area contributed by atoms with Gasteiger partial charge >= 0.3 is 0 Å². The molecule has 1 N–H and O–H groups in total. The normalized spacial score (nSPS) is 14.7. The average molecular weight is 378 g/mol. The molecule has 1 amide bonds. The molecule has 1 saturated heterocycles. The molecule has 0 saturated carbocycles. The van der Waals surface area contributed by atoms with Crippen LogP contribution in [-0.2, 0) is 4.79 Å². The maximum Gasteiger partial charge on any atom is 0.227 e. The highest BCUT2D eigenvalue weighted by atomic mass is 16.5. The summed E-state index contributed by atoms with van der Waals surface area (Å²) in [6.45, 7) is 1.55. The highest BCUT2D eigenvalue weighted by Gasteiger charge is 2.26. The van der Waals surface area contributed by atoms with Gasteiger partial charge in [-0.25, -0.2) is 15.0 Å². The van der Waals surface area contributed by atoms with Crippen molar-refractivity contribution in [3.63, 3.8) is 0 Å². The van der Waals surface area contributed by atoms with E-state index in [1.54, 1.807) is 26.0 Å². The summed E-state index contributed by atoms with van der Waals surface area (Å²) < 4.78 is 7.05. The summed E-state index contributed by atoms with van der Waals surface area (Å²) >= 11 is 0. The highest BCUT2D eigenvalue weighted by Crippen LogP contribution is 2.24. The van der Waals surface area contributed by atoms with Gasteiger partial charge in [-0.05, 0) is 25.0 Å². The second-order valence-corrected chi connectivity index (χ2v) is 6.69. The van der Waals surface area contributed by atoms with E-state index in [0.717, 1.165) is 49.0 Å². The molecule has 4 rings (SSSR count). The maximum atomic E-state index is 12.6. The first-order chi connectivity index (χ1) is 13.7. The Morgan fingerprint density at radius 3 is 2.75 bits per heavy atom. The van der Waals surface area contributed by atoms with Gasteiger partial charge in [0.15, 0.2) is 0 Å². The van der Waals surface area contributed by atoms with Crippen molar-refractivity contribution in [1.29, 1.82) is 0 Å². The van der Waals surface area contributed by atoms with Crippen LogP contribution in [0.25, 0.3) is 5.82 Å². The number of methoxy groups -OCH3 is 1. The Labute approximate surface area is 163 Å². The number of nitrogens with one attached hydrogen (secondary N) is 1. The third-order valence-corrected chi connectivity index (χ3v) is 4.93. The predicted octanol–water partition coefficient (Wildman–Crippen LogP) is 2.53. The van der Waals surface area contributed by atoms with Gasteiger partial charge in [0.2, 0.25) is 5.91 Å². The molecule has 2 aromatic heterocycles. The zero-order valence-electron chi connectivity index (χ0n) is 15.7. The summed E-state index contributed by atoms with van der Waals surface area (Å²) in [6.07, 6.45) is 8.39. The molecule has 0 atom stereocenters. The topological polar surface area (TPSA) is 85.2 Å². The van der Waals surface area contributed by atoms with Crippen LogP contribution in [0.2, 0.25) is 0 Å². The van der Waals surface area contributed by atoms with Gasteiger partial charge in [-0.15, -0.1) is 0 Å². The monoisotopic (exact) mass is 378 g/mol. The van der Waals surface area contributed by atoms with Crippen LogP contribution in [0, 0.1) is 5.92 Å². The van der Waals surface area contributed by atoms with Gasteiger partial charge in [-0.1, -0.05) is 6.07 Å². The van der Waals surface area contributed by atoms with E-state index < -0.39 is 0 Å². The number of piperidine rings is 1. The number of amides is 1. The number of carbonyl (C=O) groups excluding carboxylic acids is 1. The summed E-state index contributed by atoms with van der Waals surface area (Å²) in [5.74, 6) is 2.41. The van der Waals surface area contributed by atoms with Gasteiger partial charge in [-0.3, -0.25) is 9.36 Å². The number of ether oxygens (including phenoxy) is 1. The van der Waals surface area contributed by atoms with Crippen LogP contribution >= 0.6 is 0 Å². The Morgan fingerprint density at radius 2 is 2.00 bits per heavy atom. The Balaban J connectivity index is 1.37. The minimum atomic E-state index is -0.0163. The van der Waals surface area contributed by atoms with Crippen molar-refractivity contribution >= 4 is 17.4 Å². The van der Waals surface area contributed by atoms with Gasteiger partial charge in [0.05, 0.1) is 7.11 Å². The number of nitrogens with zero attached hydrogens (tertiary/aromatic N) is 5. The molecule has 28 heavy (non-hydrogen) atoms. The van der Waals surface area contributed by atoms with E-state index in [2.05, 4.69) is 25.2 Å².